The number of carbonyl (C=O) groups is 1. The van der Waals surface area contributed by atoms with E-state index in [1.165, 1.54) is 18.5 Å². The van der Waals surface area contributed by atoms with Crippen LogP contribution in [-0.2, 0) is 4.74 Å². The van der Waals surface area contributed by atoms with Gasteiger partial charge in [0.05, 0.1) is 17.4 Å². The van der Waals surface area contributed by atoms with E-state index in [2.05, 4.69) is 20.2 Å². The van der Waals surface area contributed by atoms with Gasteiger partial charge in [-0.15, -0.1) is 0 Å². The summed E-state index contributed by atoms with van der Waals surface area (Å²) in [5, 5.41) is 3.06. The average Bonchev–Trinajstić information content (AvgIpc) is 3.10. The van der Waals surface area contributed by atoms with Crippen LogP contribution in [0.15, 0.2) is 18.5 Å². The number of likely N-dealkylation sites (tertiary alicyclic amines) is 1. The molecule has 0 atom stereocenters. The van der Waals surface area contributed by atoms with Crippen LogP contribution in [0.4, 0.5) is 4.39 Å². The lowest BCUT2D eigenvalue weighted by molar-refractivity contribution is 0.0238. The lowest BCUT2D eigenvalue weighted by atomic mass is 9.99. The zero-order chi connectivity index (χ0) is 17.2. The molecule has 0 saturated carbocycles. The van der Waals surface area contributed by atoms with Gasteiger partial charge in [0.25, 0.3) is 5.91 Å². The number of nitrogens with one attached hydrogen (secondary N) is 2. The summed E-state index contributed by atoms with van der Waals surface area (Å²) >= 11 is 0. The zero-order valence-corrected chi connectivity index (χ0v) is 14.1. The Hall–Kier alpha value is -1.99. The molecule has 1 aromatic carbocycles. The number of rotatable bonds is 3. The summed E-state index contributed by atoms with van der Waals surface area (Å²) in [6, 6.07) is 3.35. The van der Waals surface area contributed by atoms with Crippen molar-refractivity contribution in [3.05, 3.63) is 29.8 Å². The van der Waals surface area contributed by atoms with Crippen LogP contribution in [0.5, 0.6) is 0 Å². The molecule has 0 spiro atoms. The second kappa shape index (κ2) is 7.09. The Morgan fingerprint density at radius 3 is 2.76 bits per heavy atom. The van der Waals surface area contributed by atoms with Gasteiger partial charge in [0.1, 0.15) is 11.3 Å². The van der Waals surface area contributed by atoms with Gasteiger partial charge in [-0.25, -0.2) is 9.37 Å². The molecule has 25 heavy (non-hydrogen) atoms. The monoisotopic (exact) mass is 346 g/mol. The lowest BCUT2D eigenvalue weighted by Crippen LogP contribution is -2.49. The fraction of sp³-hybridized carbons (Fsp3) is 0.556. The summed E-state index contributed by atoms with van der Waals surface area (Å²) in [4.78, 5) is 22.1. The first-order valence-corrected chi connectivity index (χ1v) is 8.96. The number of halogens is 1. The summed E-state index contributed by atoms with van der Waals surface area (Å²) < 4.78 is 19.2. The minimum absolute atomic E-state index is 0.126. The number of ether oxygens (including phenoxy) is 1. The Morgan fingerprint density at radius 1 is 1.24 bits per heavy atom. The fourth-order valence-electron chi connectivity index (χ4n) is 3.91. The van der Waals surface area contributed by atoms with Gasteiger partial charge in [0.2, 0.25) is 0 Å². The van der Waals surface area contributed by atoms with Gasteiger partial charge >= 0.3 is 0 Å². The van der Waals surface area contributed by atoms with Crippen LogP contribution in [-0.4, -0.2) is 59.2 Å². The molecule has 0 radical (unpaired) electrons. The van der Waals surface area contributed by atoms with Crippen molar-refractivity contribution in [1.29, 1.82) is 0 Å². The Labute approximate surface area is 145 Å². The molecule has 2 aliphatic heterocycles. The summed E-state index contributed by atoms with van der Waals surface area (Å²) in [6.45, 7) is 3.66. The van der Waals surface area contributed by atoms with E-state index in [1.807, 2.05) is 0 Å². The van der Waals surface area contributed by atoms with Gasteiger partial charge in [-0.2, -0.15) is 0 Å². The molecule has 2 N–H and O–H groups in total. The molecular weight excluding hydrogens is 323 g/mol. The highest BCUT2D eigenvalue weighted by Gasteiger charge is 2.27. The largest absolute Gasteiger partial charge is 0.381 e. The molecule has 2 fully saturated rings. The van der Waals surface area contributed by atoms with Crippen molar-refractivity contribution in [3.8, 4) is 0 Å². The van der Waals surface area contributed by atoms with E-state index in [0.717, 1.165) is 52.0 Å². The Morgan fingerprint density at radius 2 is 2.00 bits per heavy atom. The summed E-state index contributed by atoms with van der Waals surface area (Å²) in [5.74, 6) is -0.683. The van der Waals surface area contributed by atoms with E-state index in [1.54, 1.807) is 0 Å². The highest BCUT2D eigenvalue weighted by atomic mass is 19.1. The molecule has 2 aliphatic rings. The molecule has 2 aromatic rings. The number of aromatic nitrogens is 2. The van der Waals surface area contributed by atoms with E-state index in [0.29, 0.717) is 22.6 Å². The van der Waals surface area contributed by atoms with Crippen LogP contribution < -0.4 is 5.32 Å². The smallest absolute Gasteiger partial charge is 0.253 e. The number of hydrogen-bond acceptors (Lipinski definition) is 4. The van der Waals surface area contributed by atoms with Gasteiger partial charge in [0, 0.05) is 38.4 Å². The minimum Gasteiger partial charge on any atom is -0.381 e. The Bertz CT molecular complexity index is 749. The van der Waals surface area contributed by atoms with Crippen LogP contribution >= 0.6 is 0 Å². The Kier molecular flexibility index (Phi) is 4.67. The SMILES string of the molecule is O=C(NC1CCN(C2CCOCC2)CC1)c1cc(F)cc2[nH]cnc12. The van der Waals surface area contributed by atoms with Crippen molar-refractivity contribution in [2.24, 2.45) is 0 Å². The second-order valence-electron chi connectivity index (χ2n) is 6.88. The van der Waals surface area contributed by atoms with E-state index in [9.17, 15) is 9.18 Å². The van der Waals surface area contributed by atoms with Crippen molar-refractivity contribution in [1.82, 2.24) is 20.2 Å². The number of hydrogen-bond donors (Lipinski definition) is 2. The normalized spacial score (nSPS) is 20.8. The van der Waals surface area contributed by atoms with Crippen LogP contribution in [0.3, 0.4) is 0 Å². The molecule has 1 aromatic heterocycles. The number of fused-ring (bicyclic) bond motifs is 1. The van der Waals surface area contributed by atoms with E-state index in [-0.39, 0.29) is 11.9 Å². The van der Waals surface area contributed by atoms with Crippen molar-refractivity contribution in [2.75, 3.05) is 26.3 Å². The maximum absolute atomic E-state index is 13.7. The molecule has 3 heterocycles. The topological polar surface area (TPSA) is 70.2 Å². The lowest BCUT2D eigenvalue weighted by Gasteiger charge is -2.39. The van der Waals surface area contributed by atoms with Crippen molar-refractivity contribution in [3.63, 3.8) is 0 Å². The number of piperidine rings is 1. The average molecular weight is 346 g/mol. The molecular formula is C18H23FN4O2. The van der Waals surface area contributed by atoms with Crippen molar-refractivity contribution < 1.29 is 13.9 Å². The number of imidazole rings is 1. The standard InChI is InChI=1S/C18H23FN4O2/c19-12-9-15(17-16(10-12)20-11-21-17)18(24)22-13-1-5-23(6-2-13)14-3-7-25-8-4-14/h9-11,13-14H,1-8H2,(H,20,21)(H,22,24). The number of aromatic amines is 1. The highest BCUT2D eigenvalue weighted by Crippen LogP contribution is 2.21. The molecule has 134 valence electrons. The third kappa shape index (κ3) is 3.52. The van der Waals surface area contributed by atoms with Crippen molar-refractivity contribution >= 4 is 16.9 Å². The van der Waals surface area contributed by atoms with Gasteiger partial charge < -0.3 is 19.9 Å². The van der Waals surface area contributed by atoms with E-state index < -0.39 is 5.82 Å². The minimum atomic E-state index is -0.434. The number of benzene rings is 1. The molecule has 1 amide bonds. The molecule has 4 rings (SSSR count). The predicted molar refractivity (Wildman–Crippen MR) is 92.0 cm³/mol. The fourth-order valence-corrected chi connectivity index (χ4v) is 3.91. The molecule has 6 nitrogen and oxygen atoms in total. The first kappa shape index (κ1) is 16.5. The van der Waals surface area contributed by atoms with Gasteiger partial charge in [0.15, 0.2) is 0 Å². The first-order chi connectivity index (χ1) is 12.2. The Balaban J connectivity index is 1.38. The number of H-pyrrole nitrogens is 1. The number of nitrogens with zero attached hydrogens (tertiary/aromatic N) is 2. The molecule has 7 heteroatoms. The third-order valence-electron chi connectivity index (χ3n) is 5.31. The van der Waals surface area contributed by atoms with Gasteiger partial charge in [-0.05, 0) is 37.8 Å². The van der Waals surface area contributed by atoms with Gasteiger partial charge in [-0.1, -0.05) is 0 Å². The zero-order valence-electron chi connectivity index (χ0n) is 14.1. The summed E-state index contributed by atoms with van der Waals surface area (Å²) in [7, 11) is 0. The molecule has 0 unspecified atom stereocenters. The molecule has 2 saturated heterocycles. The second-order valence-corrected chi connectivity index (χ2v) is 6.88. The summed E-state index contributed by atoms with van der Waals surface area (Å²) in [6.07, 6.45) is 5.51. The number of carbonyl (C=O) groups excluding carboxylic acids is 1. The number of amides is 1. The maximum atomic E-state index is 13.7. The van der Waals surface area contributed by atoms with Crippen LogP contribution in [0, 0.1) is 5.82 Å². The van der Waals surface area contributed by atoms with Crippen LogP contribution in [0.25, 0.3) is 11.0 Å². The van der Waals surface area contributed by atoms with E-state index in [4.69, 9.17) is 4.74 Å². The molecule has 0 aliphatic carbocycles. The highest BCUT2D eigenvalue weighted by molar-refractivity contribution is 6.04. The van der Waals surface area contributed by atoms with E-state index >= 15 is 0 Å². The predicted octanol–water partition coefficient (Wildman–Crippen LogP) is 2.08. The quantitative estimate of drug-likeness (QED) is 0.893. The van der Waals surface area contributed by atoms with Crippen molar-refractivity contribution in [2.45, 2.75) is 37.8 Å². The summed E-state index contributed by atoms with van der Waals surface area (Å²) in [5.41, 5.74) is 1.35. The van der Waals surface area contributed by atoms with Crippen LogP contribution in [0.2, 0.25) is 0 Å². The van der Waals surface area contributed by atoms with Gasteiger partial charge in [-0.3, -0.25) is 4.79 Å². The first-order valence-electron chi connectivity index (χ1n) is 8.96. The van der Waals surface area contributed by atoms with Crippen LogP contribution in [0.1, 0.15) is 36.0 Å². The third-order valence-corrected chi connectivity index (χ3v) is 5.31. The molecule has 0 bridgehead atoms. The maximum Gasteiger partial charge on any atom is 0.253 e.